The molecule has 1 aliphatic rings. The highest BCUT2D eigenvalue weighted by atomic mass is 16.6. The number of aryl methyl sites for hydroxylation is 2. The lowest BCUT2D eigenvalue weighted by atomic mass is 9.99. The number of amides is 1. The predicted molar refractivity (Wildman–Crippen MR) is 88.1 cm³/mol. The molecule has 0 atom stereocenters. The molecule has 114 valence electrons. The molecule has 3 nitrogen and oxygen atoms in total. The van der Waals surface area contributed by atoms with Gasteiger partial charge in [-0.25, -0.2) is 4.79 Å². The fourth-order valence-corrected chi connectivity index (χ4v) is 2.86. The highest BCUT2D eigenvalue weighted by Crippen LogP contribution is 2.29. The van der Waals surface area contributed by atoms with Gasteiger partial charge in [-0.1, -0.05) is 49.4 Å². The fraction of sp³-hybridized carbons (Fsp3) is 0.316. The van der Waals surface area contributed by atoms with Crippen molar-refractivity contribution in [1.82, 2.24) is 0 Å². The first-order valence-electron chi connectivity index (χ1n) is 7.88. The third kappa shape index (κ3) is 3.14. The molecule has 0 N–H and O–H groups in total. The topological polar surface area (TPSA) is 29.5 Å². The highest BCUT2D eigenvalue weighted by Gasteiger charge is 2.23. The van der Waals surface area contributed by atoms with Crippen molar-refractivity contribution in [3.8, 4) is 0 Å². The second kappa shape index (κ2) is 6.65. The van der Waals surface area contributed by atoms with Crippen molar-refractivity contribution in [2.45, 2.75) is 32.8 Å². The molecular weight excluding hydrogens is 274 g/mol. The van der Waals surface area contributed by atoms with E-state index in [1.807, 2.05) is 30.3 Å². The predicted octanol–water partition coefficient (Wildman–Crippen LogP) is 4.34. The minimum absolute atomic E-state index is 0.256. The van der Waals surface area contributed by atoms with Gasteiger partial charge in [-0.2, -0.15) is 0 Å². The van der Waals surface area contributed by atoms with Gasteiger partial charge in [-0.3, -0.25) is 4.90 Å². The van der Waals surface area contributed by atoms with E-state index < -0.39 is 0 Å². The molecule has 1 heterocycles. The zero-order chi connectivity index (χ0) is 15.4. The number of hydrogen-bond donors (Lipinski definition) is 0. The Balaban J connectivity index is 1.72. The van der Waals surface area contributed by atoms with E-state index in [2.05, 4.69) is 25.1 Å². The van der Waals surface area contributed by atoms with Gasteiger partial charge in [0.2, 0.25) is 0 Å². The Kier molecular flexibility index (Phi) is 4.42. The zero-order valence-corrected chi connectivity index (χ0v) is 12.9. The van der Waals surface area contributed by atoms with Gasteiger partial charge in [-0.15, -0.1) is 0 Å². The van der Waals surface area contributed by atoms with E-state index in [1.165, 1.54) is 11.1 Å². The van der Waals surface area contributed by atoms with E-state index in [0.717, 1.165) is 37.1 Å². The normalized spacial score (nSPS) is 13.6. The summed E-state index contributed by atoms with van der Waals surface area (Å²) in [5.41, 5.74) is 4.58. The molecule has 2 aromatic rings. The maximum Gasteiger partial charge on any atom is 0.414 e. The number of rotatable bonds is 3. The quantitative estimate of drug-likeness (QED) is 0.843. The Morgan fingerprint density at radius 2 is 1.95 bits per heavy atom. The van der Waals surface area contributed by atoms with Crippen LogP contribution < -0.4 is 4.90 Å². The number of fused-ring (bicyclic) bond motifs is 1. The average molecular weight is 295 g/mol. The standard InChI is InChI=1S/C19H21NO2/c1-2-15-10-11-18-17(13-15)9-6-12-20(18)19(21)22-14-16-7-4-3-5-8-16/h3-5,7-8,10-11,13H,2,6,9,12,14H2,1H3. The van der Waals surface area contributed by atoms with Crippen molar-refractivity contribution in [3.63, 3.8) is 0 Å². The summed E-state index contributed by atoms with van der Waals surface area (Å²) in [7, 11) is 0. The fourth-order valence-electron chi connectivity index (χ4n) is 2.86. The number of benzene rings is 2. The van der Waals surface area contributed by atoms with Crippen molar-refractivity contribution in [2.75, 3.05) is 11.4 Å². The number of carbonyl (C=O) groups is 1. The van der Waals surface area contributed by atoms with Crippen molar-refractivity contribution < 1.29 is 9.53 Å². The molecule has 0 spiro atoms. The SMILES string of the molecule is CCc1ccc2c(c1)CCCN2C(=O)OCc1ccccc1. The summed E-state index contributed by atoms with van der Waals surface area (Å²) in [5, 5.41) is 0. The molecule has 0 saturated carbocycles. The van der Waals surface area contributed by atoms with E-state index in [0.29, 0.717) is 6.61 Å². The van der Waals surface area contributed by atoms with Crippen LogP contribution >= 0.6 is 0 Å². The van der Waals surface area contributed by atoms with Crippen molar-refractivity contribution >= 4 is 11.8 Å². The minimum Gasteiger partial charge on any atom is -0.444 e. The number of hydrogen-bond acceptors (Lipinski definition) is 2. The molecule has 2 aromatic carbocycles. The van der Waals surface area contributed by atoms with Gasteiger partial charge < -0.3 is 4.74 Å². The largest absolute Gasteiger partial charge is 0.444 e. The first-order chi connectivity index (χ1) is 10.8. The Morgan fingerprint density at radius 3 is 2.73 bits per heavy atom. The molecular formula is C19H21NO2. The van der Waals surface area contributed by atoms with Gasteiger partial charge in [0.15, 0.2) is 0 Å². The number of nitrogens with zero attached hydrogens (tertiary/aromatic N) is 1. The van der Waals surface area contributed by atoms with Crippen LogP contribution in [0.25, 0.3) is 0 Å². The maximum absolute atomic E-state index is 12.4. The van der Waals surface area contributed by atoms with E-state index in [1.54, 1.807) is 4.90 Å². The molecule has 3 rings (SSSR count). The molecule has 0 bridgehead atoms. The Labute approximate surface area is 131 Å². The lowest BCUT2D eigenvalue weighted by molar-refractivity contribution is 0.146. The number of carbonyl (C=O) groups excluding carboxylic acids is 1. The molecule has 3 heteroatoms. The molecule has 0 radical (unpaired) electrons. The lowest BCUT2D eigenvalue weighted by Crippen LogP contribution is -2.35. The third-order valence-corrected chi connectivity index (χ3v) is 4.10. The summed E-state index contributed by atoms with van der Waals surface area (Å²) in [6.45, 7) is 3.20. The minimum atomic E-state index is -0.256. The molecule has 0 fully saturated rings. The molecule has 0 saturated heterocycles. The molecule has 1 amide bonds. The van der Waals surface area contributed by atoms with Crippen molar-refractivity contribution in [1.29, 1.82) is 0 Å². The van der Waals surface area contributed by atoms with Gasteiger partial charge in [0, 0.05) is 6.54 Å². The Morgan fingerprint density at radius 1 is 1.14 bits per heavy atom. The van der Waals surface area contributed by atoms with Crippen LogP contribution in [0.15, 0.2) is 48.5 Å². The molecule has 22 heavy (non-hydrogen) atoms. The Bertz CT molecular complexity index is 652. The summed E-state index contributed by atoms with van der Waals surface area (Å²) in [6.07, 6.45) is 2.78. The summed E-state index contributed by atoms with van der Waals surface area (Å²) in [5.74, 6) is 0. The molecule has 1 aliphatic heterocycles. The Hall–Kier alpha value is -2.29. The summed E-state index contributed by atoms with van der Waals surface area (Å²) < 4.78 is 5.47. The maximum atomic E-state index is 12.4. The zero-order valence-electron chi connectivity index (χ0n) is 12.9. The van der Waals surface area contributed by atoms with Gasteiger partial charge in [0.05, 0.1) is 5.69 Å². The van der Waals surface area contributed by atoms with Gasteiger partial charge >= 0.3 is 6.09 Å². The smallest absolute Gasteiger partial charge is 0.414 e. The van der Waals surface area contributed by atoms with Gasteiger partial charge in [0.25, 0.3) is 0 Å². The summed E-state index contributed by atoms with van der Waals surface area (Å²) in [4.78, 5) is 14.2. The van der Waals surface area contributed by atoms with E-state index in [9.17, 15) is 4.79 Å². The van der Waals surface area contributed by atoms with Crippen LogP contribution in [-0.2, 0) is 24.2 Å². The number of anilines is 1. The first-order valence-corrected chi connectivity index (χ1v) is 7.88. The van der Waals surface area contributed by atoms with Crippen LogP contribution in [0.4, 0.5) is 10.5 Å². The van der Waals surface area contributed by atoms with Gasteiger partial charge in [-0.05, 0) is 42.0 Å². The third-order valence-electron chi connectivity index (χ3n) is 4.10. The van der Waals surface area contributed by atoms with Crippen molar-refractivity contribution in [3.05, 3.63) is 65.2 Å². The summed E-state index contributed by atoms with van der Waals surface area (Å²) in [6, 6.07) is 16.1. The molecule has 0 aromatic heterocycles. The van der Waals surface area contributed by atoms with Crippen LogP contribution in [0.5, 0.6) is 0 Å². The molecule has 0 aliphatic carbocycles. The monoisotopic (exact) mass is 295 g/mol. The van der Waals surface area contributed by atoms with Crippen LogP contribution in [-0.4, -0.2) is 12.6 Å². The second-order valence-corrected chi connectivity index (χ2v) is 5.61. The lowest BCUT2D eigenvalue weighted by Gasteiger charge is -2.29. The van der Waals surface area contributed by atoms with Gasteiger partial charge in [0.1, 0.15) is 6.61 Å². The number of ether oxygens (including phenoxy) is 1. The highest BCUT2D eigenvalue weighted by molar-refractivity contribution is 5.89. The average Bonchev–Trinajstić information content (AvgIpc) is 2.59. The van der Waals surface area contributed by atoms with Crippen LogP contribution in [0, 0.1) is 0 Å². The van der Waals surface area contributed by atoms with Crippen molar-refractivity contribution in [2.24, 2.45) is 0 Å². The summed E-state index contributed by atoms with van der Waals surface area (Å²) >= 11 is 0. The van der Waals surface area contributed by atoms with E-state index in [-0.39, 0.29) is 6.09 Å². The van der Waals surface area contributed by atoms with E-state index >= 15 is 0 Å². The molecule has 0 unspecified atom stereocenters. The van der Waals surface area contributed by atoms with E-state index in [4.69, 9.17) is 4.74 Å². The van der Waals surface area contributed by atoms with Crippen LogP contribution in [0.2, 0.25) is 0 Å². The van der Waals surface area contributed by atoms with Crippen LogP contribution in [0.3, 0.4) is 0 Å². The van der Waals surface area contributed by atoms with Crippen LogP contribution in [0.1, 0.15) is 30.0 Å². The first kappa shape index (κ1) is 14.6. The second-order valence-electron chi connectivity index (χ2n) is 5.61.